The Hall–Kier alpha value is -1.62. The van der Waals surface area contributed by atoms with Crippen LogP contribution in [-0.4, -0.2) is 21.7 Å². The van der Waals surface area contributed by atoms with Crippen LogP contribution in [0.25, 0.3) is 0 Å². The van der Waals surface area contributed by atoms with Crippen LogP contribution in [0.4, 0.5) is 0 Å². The van der Waals surface area contributed by atoms with Crippen LogP contribution in [0.5, 0.6) is 0 Å². The molecule has 0 radical (unpaired) electrons. The number of rotatable bonds is 8. The Bertz CT molecular complexity index is 738. The van der Waals surface area contributed by atoms with E-state index in [2.05, 4.69) is 12.1 Å². The fourth-order valence-corrected chi connectivity index (χ4v) is 4.01. The van der Waals surface area contributed by atoms with Crippen LogP contribution in [0, 0.1) is 5.92 Å². The third-order valence-electron chi connectivity index (χ3n) is 5.28. The quantitative estimate of drug-likeness (QED) is 0.734. The number of Topliss-reactive ketones (excluding diaryl/α,β-unsaturated/α-hetero) is 1. The summed E-state index contributed by atoms with van der Waals surface area (Å²) in [6, 6.07) is 17.6. The van der Waals surface area contributed by atoms with Gasteiger partial charge in [0, 0.05) is 22.5 Å². The third-order valence-corrected chi connectivity index (χ3v) is 6.63. The number of benzene rings is 2. The molecular formula is C22H27NO2S. The van der Waals surface area contributed by atoms with E-state index in [-0.39, 0.29) is 18.1 Å². The van der Waals surface area contributed by atoms with Crippen LogP contribution in [0.1, 0.15) is 43.9 Å². The van der Waals surface area contributed by atoms with Crippen molar-refractivity contribution in [1.82, 2.24) is 0 Å². The highest BCUT2D eigenvalue weighted by atomic mass is 32.2. The summed E-state index contributed by atoms with van der Waals surface area (Å²) < 4.78 is 0. The van der Waals surface area contributed by atoms with E-state index < -0.39 is 11.6 Å². The summed E-state index contributed by atoms with van der Waals surface area (Å²) in [7, 11) is 0. The van der Waals surface area contributed by atoms with E-state index in [1.165, 1.54) is 17.7 Å². The lowest BCUT2D eigenvalue weighted by atomic mass is 9.77. The number of nitrogens with two attached hydrogens (primary N) is 1. The molecule has 1 saturated carbocycles. The zero-order valence-electron chi connectivity index (χ0n) is 15.4. The number of thioether (sulfide) groups is 1. The summed E-state index contributed by atoms with van der Waals surface area (Å²) in [6.45, 7) is 3.56. The van der Waals surface area contributed by atoms with Gasteiger partial charge in [0.05, 0.1) is 11.6 Å². The standard InChI is InChI=1S/C22H27NO2S/c1-15(21(25)17-6-4-3-5-7-17)22(2,23)20(24)14-16-8-10-18(11-9-16)26-19-12-13-19/h3-11,15,19,21,25H,12-14,23H2,1-2H3/t15-,21+,22?/m1/s1. The maximum Gasteiger partial charge on any atom is 0.157 e. The molecule has 4 heteroatoms. The molecule has 1 aliphatic rings. The van der Waals surface area contributed by atoms with Crippen molar-refractivity contribution in [2.24, 2.45) is 11.7 Å². The van der Waals surface area contributed by atoms with E-state index in [9.17, 15) is 9.90 Å². The average Bonchev–Trinajstić information content (AvgIpc) is 3.46. The first-order valence-corrected chi connectivity index (χ1v) is 10.1. The van der Waals surface area contributed by atoms with Crippen molar-refractivity contribution < 1.29 is 9.90 Å². The van der Waals surface area contributed by atoms with Gasteiger partial charge in [0.15, 0.2) is 5.78 Å². The smallest absolute Gasteiger partial charge is 0.157 e. The number of carbonyl (C=O) groups is 1. The number of hydrogen-bond acceptors (Lipinski definition) is 4. The highest BCUT2D eigenvalue weighted by Gasteiger charge is 2.38. The second kappa shape index (κ2) is 7.95. The second-order valence-electron chi connectivity index (χ2n) is 7.49. The molecule has 2 aromatic rings. The summed E-state index contributed by atoms with van der Waals surface area (Å²) in [5.74, 6) is -0.440. The molecule has 0 amide bonds. The molecule has 0 aliphatic heterocycles. The first-order valence-electron chi connectivity index (χ1n) is 9.18. The molecule has 0 bridgehead atoms. The molecule has 0 saturated heterocycles. The van der Waals surface area contributed by atoms with Gasteiger partial charge in [0.2, 0.25) is 0 Å². The minimum atomic E-state index is -1.10. The van der Waals surface area contributed by atoms with Crippen LogP contribution in [-0.2, 0) is 11.2 Å². The molecule has 3 atom stereocenters. The van der Waals surface area contributed by atoms with Crippen LogP contribution < -0.4 is 5.73 Å². The van der Waals surface area contributed by atoms with E-state index in [1.54, 1.807) is 6.92 Å². The summed E-state index contributed by atoms with van der Waals surface area (Å²) in [4.78, 5) is 14.1. The topological polar surface area (TPSA) is 63.3 Å². The number of carbonyl (C=O) groups excluding carboxylic acids is 1. The predicted molar refractivity (Wildman–Crippen MR) is 107 cm³/mol. The zero-order valence-corrected chi connectivity index (χ0v) is 16.2. The highest BCUT2D eigenvalue weighted by molar-refractivity contribution is 8.00. The number of hydrogen-bond donors (Lipinski definition) is 2. The van der Waals surface area contributed by atoms with Crippen molar-refractivity contribution in [3.8, 4) is 0 Å². The van der Waals surface area contributed by atoms with Gasteiger partial charge in [-0.05, 0) is 43.0 Å². The van der Waals surface area contributed by atoms with Gasteiger partial charge in [-0.2, -0.15) is 0 Å². The fourth-order valence-electron chi connectivity index (χ4n) is 2.96. The fraction of sp³-hybridized carbons (Fsp3) is 0.409. The lowest BCUT2D eigenvalue weighted by molar-refractivity contribution is -0.126. The predicted octanol–water partition coefficient (Wildman–Crippen LogP) is 4.14. The summed E-state index contributed by atoms with van der Waals surface area (Å²) in [5, 5.41) is 11.4. The van der Waals surface area contributed by atoms with Crippen molar-refractivity contribution in [2.75, 3.05) is 0 Å². The first-order chi connectivity index (χ1) is 12.4. The molecule has 1 fully saturated rings. The van der Waals surface area contributed by atoms with Crippen molar-refractivity contribution in [3.63, 3.8) is 0 Å². The molecule has 3 N–H and O–H groups in total. The Morgan fingerprint density at radius 3 is 2.38 bits per heavy atom. The normalized spacial score (nSPS) is 18.8. The molecule has 138 valence electrons. The minimum Gasteiger partial charge on any atom is -0.388 e. The van der Waals surface area contributed by atoms with Gasteiger partial charge in [0.25, 0.3) is 0 Å². The van der Waals surface area contributed by atoms with Crippen molar-refractivity contribution >= 4 is 17.5 Å². The van der Waals surface area contributed by atoms with E-state index in [0.717, 1.165) is 16.4 Å². The van der Waals surface area contributed by atoms with Gasteiger partial charge in [-0.25, -0.2) is 0 Å². The number of aliphatic hydroxyl groups excluding tert-OH is 1. The Kier molecular flexibility index (Phi) is 5.86. The van der Waals surface area contributed by atoms with Crippen LogP contribution in [0.3, 0.4) is 0 Å². The summed E-state index contributed by atoms with van der Waals surface area (Å²) >= 11 is 1.91. The second-order valence-corrected chi connectivity index (χ2v) is 8.86. The van der Waals surface area contributed by atoms with Gasteiger partial charge in [-0.1, -0.05) is 49.4 Å². The highest BCUT2D eigenvalue weighted by Crippen LogP contribution is 2.39. The van der Waals surface area contributed by atoms with Crippen LogP contribution >= 0.6 is 11.8 Å². The molecule has 0 aromatic heterocycles. The lowest BCUT2D eigenvalue weighted by Gasteiger charge is -2.33. The van der Waals surface area contributed by atoms with Crippen molar-refractivity contribution in [2.45, 2.75) is 54.9 Å². The largest absolute Gasteiger partial charge is 0.388 e. The molecule has 26 heavy (non-hydrogen) atoms. The molecular weight excluding hydrogens is 342 g/mol. The Labute approximate surface area is 160 Å². The molecule has 2 aromatic carbocycles. The number of aliphatic hydroxyl groups is 1. The van der Waals surface area contributed by atoms with Gasteiger partial charge in [0.1, 0.15) is 0 Å². The van der Waals surface area contributed by atoms with Crippen molar-refractivity contribution in [3.05, 3.63) is 65.7 Å². The van der Waals surface area contributed by atoms with E-state index in [4.69, 9.17) is 5.73 Å². The Balaban J connectivity index is 1.64. The molecule has 0 heterocycles. The monoisotopic (exact) mass is 369 g/mol. The van der Waals surface area contributed by atoms with Crippen molar-refractivity contribution in [1.29, 1.82) is 0 Å². The maximum absolute atomic E-state index is 12.8. The minimum absolute atomic E-state index is 0.0532. The SMILES string of the molecule is C[C@H]([C@H](O)c1ccccc1)C(C)(N)C(=O)Cc1ccc(SC2CC2)cc1. The third kappa shape index (κ3) is 4.56. The van der Waals surface area contributed by atoms with E-state index >= 15 is 0 Å². The first kappa shape index (κ1) is 19.2. The summed E-state index contributed by atoms with van der Waals surface area (Å²) in [5.41, 5.74) is 7.03. The summed E-state index contributed by atoms with van der Waals surface area (Å²) in [6.07, 6.45) is 2.12. The molecule has 1 unspecified atom stereocenters. The van der Waals surface area contributed by atoms with Gasteiger partial charge in [-0.15, -0.1) is 11.8 Å². The zero-order chi connectivity index (χ0) is 18.7. The van der Waals surface area contributed by atoms with Crippen LogP contribution in [0.15, 0.2) is 59.5 Å². The van der Waals surface area contributed by atoms with Crippen LogP contribution in [0.2, 0.25) is 0 Å². The lowest BCUT2D eigenvalue weighted by Crippen LogP contribution is -2.53. The maximum atomic E-state index is 12.8. The van der Waals surface area contributed by atoms with E-state index in [0.29, 0.717) is 0 Å². The molecule has 0 spiro atoms. The number of ketones is 1. The Morgan fingerprint density at radius 2 is 1.81 bits per heavy atom. The molecule has 1 aliphatic carbocycles. The van der Waals surface area contributed by atoms with E-state index in [1.807, 2.05) is 61.2 Å². The molecule has 3 nitrogen and oxygen atoms in total. The van der Waals surface area contributed by atoms with Gasteiger partial charge in [-0.3, -0.25) is 4.79 Å². The average molecular weight is 370 g/mol. The van der Waals surface area contributed by atoms with Gasteiger partial charge < -0.3 is 10.8 Å². The molecule has 3 rings (SSSR count). The van der Waals surface area contributed by atoms with Gasteiger partial charge >= 0.3 is 0 Å². The Morgan fingerprint density at radius 1 is 1.19 bits per heavy atom.